The lowest BCUT2D eigenvalue weighted by atomic mass is 10.1. The van der Waals surface area contributed by atoms with E-state index in [-0.39, 0.29) is 18.7 Å². The molecule has 0 aromatic rings. The fourth-order valence-electron chi connectivity index (χ4n) is 0.653. The van der Waals surface area contributed by atoms with Gasteiger partial charge in [-0.25, -0.2) is 5.48 Å². The number of carbonyl (C=O) groups is 1. The molecule has 5 N–H and O–H groups in total. The van der Waals surface area contributed by atoms with E-state index in [1.54, 1.807) is 0 Å². The van der Waals surface area contributed by atoms with E-state index in [9.17, 15) is 4.79 Å². The van der Waals surface area contributed by atoms with Crippen molar-refractivity contribution >= 4 is 5.78 Å². The second-order valence-electron chi connectivity index (χ2n) is 2.48. The summed E-state index contributed by atoms with van der Waals surface area (Å²) in [4.78, 5) is 10.5. The van der Waals surface area contributed by atoms with Crippen LogP contribution in [0.5, 0.6) is 0 Å². The molecule has 0 fully saturated rings. The Morgan fingerprint density at radius 1 is 1.73 bits per heavy atom. The number of rotatable bonds is 5. The van der Waals surface area contributed by atoms with Gasteiger partial charge in [-0.1, -0.05) is 0 Å². The third-order valence-corrected chi connectivity index (χ3v) is 1.35. The second-order valence-corrected chi connectivity index (χ2v) is 2.48. The highest BCUT2D eigenvalue weighted by Gasteiger charge is 2.13. The Hall–Kier alpha value is -0.490. The third kappa shape index (κ3) is 4.86. The van der Waals surface area contributed by atoms with Crippen LogP contribution in [0.25, 0.3) is 0 Å². The smallest absolute Gasteiger partial charge is 0.158 e. The van der Waals surface area contributed by atoms with E-state index >= 15 is 0 Å². The van der Waals surface area contributed by atoms with Gasteiger partial charge in [0, 0.05) is 12.6 Å². The quantitative estimate of drug-likeness (QED) is 0.374. The molecule has 0 saturated carbocycles. The van der Waals surface area contributed by atoms with Crippen molar-refractivity contribution in [3.8, 4) is 0 Å². The van der Waals surface area contributed by atoms with Gasteiger partial charge < -0.3 is 16.0 Å². The Morgan fingerprint density at radius 2 is 2.27 bits per heavy atom. The minimum absolute atomic E-state index is 0.170. The van der Waals surface area contributed by atoms with Crippen LogP contribution < -0.4 is 11.2 Å². The molecule has 0 aromatic carbocycles. The van der Waals surface area contributed by atoms with Crippen LogP contribution in [0.3, 0.4) is 0 Å². The number of hydroxylamine groups is 1. The second kappa shape index (κ2) is 5.20. The van der Waals surface area contributed by atoms with Gasteiger partial charge in [0.25, 0.3) is 0 Å². The number of carbonyl (C=O) groups excluding carboxylic acids is 1. The van der Waals surface area contributed by atoms with Crippen LogP contribution in [-0.2, 0) is 4.79 Å². The van der Waals surface area contributed by atoms with Gasteiger partial charge in [0.1, 0.15) is 6.10 Å². The van der Waals surface area contributed by atoms with Crippen molar-refractivity contribution in [3.05, 3.63) is 0 Å². The molecule has 0 aliphatic rings. The first-order valence-electron chi connectivity index (χ1n) is 3.39. The van der Waals surface area contributed by atoms with Crippen molar-refractivity contribution in [1.29, 1.82) is 0 Å². The van der Waals surface area contributed by atoms with Crippen LogP contribution in [0, 0.1) is 0 Å². The van der Waals surface area contributed by atoms with E-state index in [1.807, 2.05) is 5.48 Å². The summed E-state index contributed by atoms with van der Waals surface area (Å²) in [5, 5.41) is 17.2. The largest absolute Gasteiger partial charge is 0.385 e. The summed E-state index contributed by atoms with van der Waals surface area (Å²) in [7, 11) is 0. The normalized spacial score (nSPS) is 16.0. The van der Waals surface area contributed by atoms with E-state index in [2.05, 4.69) is 0 Å². The van der Waals surface area contributed by atoms with E-state index in [0.717, 1.165) is 0 Å². The van der Waals surface area contributed by atoms with Crippen LogP contribution in [0.1, 0.15) is 13.3 Å². The van der Waals surface area contributed by atoms with Crippen molar-refractivity contribution in [2.24, 2.45) is 5.73 Å². The monoisotopic (exact) mass is 162 g/mol. The molecule has 11 heavy (non-hydrogen) atoms. The molecule has 0 saturated heterocycles. The Bertz CT molecular complexity index is 129. The lowest BCUT2D eigenvalue weighted by Gasteiger charge is -2.12. The molecule has 0 heterocycles. The summed E-state index contributed by atoms with van der Waals surface area (Å²) in [5.74, 6) is -0.307. The molecule has 5 nitrogen and oxygen atoms in total. The average Bonchev–Trinajstić information content (AvgIpc) is 1.87. The topological polar surface area (TPSA) is 95.6 Å². The van der Waals surface area contributed by atoms with Crippen molar-refractivity contribution < 1.29 is 15.1 Å². The lowest BCUT2D eigenvalue weighted by Crippen LogP contribution is -2.37. The Morgan fingerprint density at radius 3 is 2.64 bits per heavy atom. The first-order valence-corrected chi connectivity index (χ1v) is 3.39. The van der Waals surface area contributed by atoms with E-state index in [0.29, 0.717) is 0 Å². The molecule has 0 aliphatic carbocycles. The van der Waals surface area contributed by atoms with Gasteiger partial charge in [-0.15, -0.1) is 0 Å². The van der Waals surface area contributed by atoms with Crippen molar-refractivity contribution in [3.63, 3.8) is 0 Å². The van der Waals surface area contributed by atoms with Crippen LogP contribution in [0.4, 0.5) is 0 Å². The zero-order valence-corrected chi connectivity index (χ0v) is 6.45. The number of nitrogens with two attached hydrogens (primary N) is 1. The minimum atomic E-state index is -1.02. The molecule has 2 unspecified atom stereocenters. The van der Waals surface area contributed by atoms with Crippen LogP contribution >= 0.6 is 0 Å². The van der Waals surface area contributed by atoms with Crippen molar-refractivity contribution in [1.82, 2.24) is 5.48 Å². The zero-order chi connectivity index (χ0) is 8.85. The molecule has 0 radical (unpaired) electrons. The molecule has 0 bridgehead atoms. The number of Topliss-reactive ketones (excluding diaryl/α,β-unsaturated/α-hetero) is 1. The maximum absolute atomic E-state index is 10.5. The van der Waals surface area contributed by atoms with Crippen molar-refractivity contribution in [2.45, 2.75) is 25.5 Å². The number of aliphatic hydroxyl groups excluding tert-OH is 1. The Balaban J connectivity index is 3.56. The molecule has 0 rings (SSSR count). The van der Waals surface area contributed by atoms with Crippen LogP contribution in [-0.4, -0.2) is 34.8 Å². The number of hydrogen-bond donors (Lipinski definition) is 4. The fraction of sp³-hybridized carbons (Fsp3) is 0.833. The van der Waals surface area contributed by atoms with E-state index in [4.69, 9.17) is 16.0 Å². The van der Waals surface area contributed by atoms with Crippen LogP contribution in [0.15, 0.2) is 0 Å². The molecule has 0 spiro atoms. The first-order chi connectivity index (χ1) is 5.07. The average molecular weight is 162 g/mol. The summed E-state index contributed by atoms with van der Waals surface area (Å²) in [6.45, 7) is 1.47. The fourth-order valence-corrected chi connectivity index (χ4v) is 0.653. The van der Waals surface area contributed by atoms with Gasteiger partial charge in [0.15, 0.2) is 5.78 Å². The van der Waals surface area contributed by atoms with Crippen molar-refractivity contribution in [2.75, 3.05) is 6.54 Å². The van der Waals surface area contributed by atoms with E-state index < -0.39 is 12.1 Å². The summed E-state index contributed by atoms with van der Waals surface area (Å²) in [6.07, 6.45) is -0.846. The molecular weight excluding hydrogens is 148 g/mol. The Kier molecular flexibility index (Phi) is 4.97. The SMILES string of the molecule is CC(=O)C(O)CC(N)CNO. The molecule has 0 aliphatic heterocycles. The third-order valence-electron chi connectivity index (χ3n) is 1.35. The summed E-state index contributed by atoms with van der Waals surface area (Å²) >= 11 is 0. The number of hydrogen-bond acceptors (Lipinski definition) is 5. The number of ketones is 1. The molecule has 66 valence electrons. The summed E-state index contributed by atoms with van der Waals surface area (Å²) < 4.78 is 0. The highest BCUT2D eigenvalue weighted by molar-refractivity contribution is 5.80. The zero-order valence-electron chi connectivity index (χ0n) is 6.45. The van der Waals surface area contributed by atoms with Gasteiger partial charge >= 0.3 is 0 Å². The predicted octanol–water partition coefficient (Wildman–Crippen LogP) is -1.37. The number of nitrogens with one attached hydrogen (secondary N) is 1. The first kappa shape index (κ1) is 10.5. The van der Waals surface area contributed by atoms with Gasteiger partial charge in [-0.05, 0) is 13.3 Å². The van der Waals surface area contributed by atoms with Crippen LogP contribution in [0.2, 0.25) is 0 Å². The molecule has 2 atom stereocenters. The maximum Gasteiger partial charge on any atom is 0.158 e. The lowest BCUT2D eigenvalue weighted by molar-refractivity contribution is -0.125. The molecule has 0 amide bonds. The maximum atomic E-state index is 10.5. The van der Waals surface area contributed by atoms with Gasteiger partial charge in [0.05, 0.1) is 0 Å². The van der Waals surface area contributed by atoms with Gasteiger partial charge in [-0.3, -0.25) is 4.79 Å². The highest BCUT2D eigenvalue weighted by atomic mass is 16.5. The molecule has 0 aromatic heterocycles. The summed E-state index contributed by atoms with van der Waals surface area (Å²) in [6, 6.07) is -0.404. The van der Waals surface area contributed by atoms with E-state index in [1.165, 1.54) is 6.92 Å². The highest BCUT2D eigenvalue weighted by Crippen LogP contribution is 1.95. The summed E-state index contributed by atoms with van der Waals surface area (Å²) in [5.41, 5.74) is 7.25. The standard InChI is InChI=1S/C6H14N2O3/c1-4(9)6(10)2-5(7)3-8-11/h5-6,8,10-11H,2-3,7H2,1H3. The minimum Gasteiger partial charge on any atom is -0.385 e. The molecule has 5 heteroatoms. The van der Waals surface area contributed by atoms with Gasteiger partial charge in [0.2, 0.25) is 0 Å². The predicted molar refractivity (Wildman–Crippen MR) is 39.1 cm³/mol. The Labute approximate surface area is 65.2 Å². The number of aliphatic hydroxyl groups is 1. The molecular formula is C6H14N2O3. The van der Waals surface area contributed by atoms with Gasteiger partial charge in [-0.2, -0.15) is 0 Å².